The summed E-state index contributed by atoms with van der Waals surface area (Å²) in [5.41, 5.74) is 2.99. The number of nitrogens with one attached hydrogen (secondary N) is 1. The molecule has 0 radical (unpaired) electrons. The van der Waals surface area contributed by atoms with E-state index in [-0.39, 0.29) is 18.5 Å². The van der Waals surface area contributed by atoms with Crippen LogP contribution in [0, 0.1) is 0 Å². The minimum Gasteiger partial charge on any atom is -0.462 e. The van der Waals surface area contributed by atoms with Crippen molar-refractivity contribution in [2.24, 2.45) is 7.05 Å². The number of carbonyl (C=O) groups excluding carboxylic acids is 3. The van der Waals surface area contributed by atoms with Gasteiger partial charge >= 0.3 is 12.0 Å². The van der Waals surface area contributed by atoms with Gasteiger partial charge < -0.3 is 24.4 Å². The lowest BCUT2D eigenvalue weighted by atomic mass is 10.2. The van der Waals surface area contributed by atoms with Gasteiger partial charge in [0.15, 0.2) is 0 Å². The average molecular weight is 505 g/mol. The van der Waals surface area contributed by atoms with E-state index in [9.17, 15) is 14.4 Å². The van der Waals surface area contributed by atoms with Crippen LogP contribution in [0.5, 0.6) is 0 Å². The van der Waals surface area contributed by atoms with Crippen LogP contribution in [0.4, 0.5) is 10.5 Å². The summed E-state index contributed by atoms with van der Waals surface area (Å²) < 4.78 is 7.00. The van der Waals surface area contributed by atoms with Crippen molar-refractivity contribution >= 4 is 23.6 Å². The molecule has 0 atom stereocenters. The zero-order valence-electron chi connectivity index (χ0n) is 21.9. The van der Waals surface area contributed by atoms with E-state index < -0.39 is 5.97 Å². The smallest absolute Gasteiger partial charge is 0.338 e. The second-order valence-corrected chi connectivity index (χ2v) is 8.85. The Kier molecular flexibility index (Phi) is 10.3. The third-order valence-corrected chi connectivity index (χ3v) is 6.02. The number of amides is 3. The maximum atomic E-state index is 13.5. The highest BCUT2D eigenvalue weighted by Gasteiger charge is 2.22. The van der Waals surface area contributed by atoms with E-state index >= 15 is 0 Å². The number of rotatable bonds is 12. The molecule has 0 unspecified atom stereocenters. The van der Waals surface area contributed by atoms with Crippen molar-refractivity contribution in [3.8, 4) is 0 Å². The number of ether oxygens (including phenoxy) is 1. The summed E-state index contributed by atoms with van der Waals surface area (Å²) in [6.45, 7) is 5.40. The minimum atomic E-state index is -0.410. The molecular formula is C29H36N4O4. The van der Waals surface area contributed by atoms with Gasteiger partial charge in [-0.05, 0) is 55.3 Å². The van der Waals surface area contributed by atoms with Crippen molar-refractivity contribution in [3.05, 3.63) is 89.7 Å². The lowest BCUT2D eigenvalue weighted by molar-refractivity contribution is -0.133. The third kappa shape index (κ3) is 8.24. The molecule has 0 aliphatic rings. The van der Waals surface area contributed by atoms with Crippen LogP contribution in [0.3, 0.4) is 0 Å². The fraction of sp³-hybridized carbons (Fsp3) is 0.345. The van der Waals surface area contributed by atoms with Crippen LogP contribution in [0.25, 0.3) is 0 Å². The highest BCUT2D eigenvalue weighted by atomic mass is 16.5. The zero-order valence-corrected chi connectivity index (χ0v) is 21.9. The lowest BCUT2D eigenvalue weighted by Gasteiger charge is -2.28. The van der Waals surface area contributed by atoms with Gasteiger partial charge in [0.05, 0.1) is 18.7 Å². The monoisotopic (exact) mass is 504 g/mol. The zero-order chi connectivity index (χ0) is 26.6. The van der Waals surface area contributed by atoms with Crippen LogP contribution in [-0.2, 0) is 29.7 Å². The van der Waals surface area contributed by atoms with Gasteiger partial charge in [0.2, 0.25) is 5.91 Å². The summed E-state index contributed by atoms with van der Waals surface area (Å²) in [6, 6.07) is 20.0. The van der Waals surface area contributed by atoms with Crippen LogP contribution in [0.2, 0.25) is 0 Å². The first-order valence-corrected chi connectivity index (χ1v) is 12.7. The number of benzene rings is 2. The van der Waals surface area contributed by atoms with Gasteiger partial charge in [0, 0.05) is 37.7 Å². The van der Waals surface area contributed by atoms with Crippen molar-refractivity contribution in [2.45, 2.75) is 39.8 Å². The summed E-state index contributed by atoms with van der Waals surface area (Å²) in [5, 5.41) is 2.86. The Labute approximate surface area is 218 Å². The molecule has 0 fully saturated rings. The highest BCUT2D eigenvalue weighted by molar-refractivity contribution is 5.94. The van der Waals surface area contributed by atoms with Crippen molar-refractivity contribution in [1.82, 2.24) is 14.4 Å². The highest BCUT2D eigenvalue weighted by Crippen LogP contribution is 2.14. The SMILES string of the molecule is CCCCN(CC(=O)N(Cc1ccccc1)Cc1cccn1C)C(=O)Nc1ccc(C(=O)OCC)cc1. The summed E-state index contributed by atoms with van der Waals surface area (Å²) in [5.74, 6) is -0.541. The number of hydrogen-bond donors (Lipinski definition) is 1. The Morgan fingerprint density at radius 3 is 2.24 bits per heavy atom. The summed E-state index contributed by atoms with van der Waals surface area (Å²) >= 11 is 0. The molecule has 8 heteroatoms. The topological polar surface area (TPSA) is 83.9 Å². The first-order chi connectivity index (χ1) is 17.9. The quantitative estimate of drug-likeness (QED) is 0.349. The maximum Gasteiger partial charge on any atom is 0.338 e. The van der Waals surface area contributed by atoms with Crippen LogP contribution < -0.4 is 5.32 Å². The van der Waals surface area contributed by atoms with E-state index in [0.29, 0.717) is 37.5 Å². The molecule has 0 bridgehead atoms. The molecule has 0 spiro atoms. The molecule has 0 aliphatic heterocycles. The van der Waals surface area contributed by atoms with Crippen LogP contribution >= 0.6 is 0 Å². The van der Waals surface area contributed by atoms with Gasteiger partial charge in [-0.2, -0.15) is 0 Å². The summed E-state index contributed by atoms with van der Waals surface area (Å²) in [6.07, 6.45) is 3.62. The molecule has 1 aromatic heterocycles. The second-order valence-electron chi connectivity index (χ2n) is 8.85. The first-order valence-electron chi connectivity index (χ1n) is 12.7. The molecule has 0 saturated heterocycles. The van der Waals surface area contributed by atoms with E-state index in [0.717, 1.165) is 24.1 Å². The number of unbranched alkanes of at least 4 members (excludes halogenated alkanes) is 1. The average Bonchev–Trinajstić information content (AvgIpc) is 3.31. The predicted octanol–water partition coefficient (Wildman–Crippen LogP) is 5.06. The molecule has 2 aromatic carbocycles. The normalized spacial score (nSPS) is 10.6. The molecule has 0 aliphatic carbocycles. The lowest BCUT2D eigenvalue weighted by Crippen LogP contribution is -2.44. The molecular weight excluding hydrogens is 468 g/mol. The third-order valence-electron chi connectivity index (χ3n) is 6.02. The Morgan fingerprint density at radius 2 is 1.62 bits per heavy atom. The van der Waals surface area contributed by atoms with Crippen molar-refractivity contribution < 1.29 is 19.1 Å². The number of urea groups is 1. The summed E-state index contributed by atoms with van der Waals surface area (Å²) in [7, 11) is 1.95. The number of hydrogen-bond acceptors (Lipinski definition) is 4. The Balaban J connectivity index is 1.72. The number of aryl methyl sites for hydroxylation is 1. The fourth-order valence-electron chi connectivity index (χ4n) is 3.86. The van der Waals surface area contributed by atoms with E-state index in [1.807, 2.05) is 67.2 Å². The van der Waals surface area contributed by atoms with Crippen molar-refractivity contribution in [1.29, 1.82) is 0 Å². The number of anilines is 1. The molecule has 1 N–H and O–H groups in total. The molecule has 196 valence electrons. The van der Waals surface area contributed by atoms with Gasteiger partial charge in [-0.3, -0.25) is 4.79 Å². The fourth-order valence-corrected chi connectivity index (χ4v) is 3.86. The Bertz CT molecular complexity index is 1160. The predicted molar refractivity (Wildman–Crippen MR) is 144 cm³/mol. The first kappa shape index (κ1) is 27.5. The number of aromatic nitrogens is 1. The standard InChI is InChI=1S/C29H36N4O4/c1-4-6-19-32(29(36)30-25-16-14-24(15-17-25)28(35)37-5-2)22-27(34)33(20-23-11-8-7-9-12-23)21-26-13-10-18-31(26)3/h7-18H,4-6,19-22H2,1-3H3,(H,30,36). The van der Waals surface area contributed by atoms with Gasteiger partial charge in [-0.1, -0.05) is 43.7 Å². The van der Waals surface area contributed by atoms with E-state index in [1.54, 1.807) is 41.0 Å². The van der Waals surface area contributed by atoms with Crippen molar-refractivity contribution in [3.63, 3.8) is 0 Å². The molecule has 3 rings (SSSR count). The van der Waals surface area contributed by atoms with Gasteiger partial charge in [0.25, 0.3) is 0 Å². The van der Waals surface area contributed by atoms with Crippen molar-refractivity contribution in [2.75, 3.05) is 25.0 Å². The largest absolute Gasteiger partial charge is 0.462 e. The van der Waals surface area contributed by atoms with Gasteiger partial charge in [-0.15, -0.1) is 0 Å². The van der Waals surface area contributed by atoms with Gasteiger partial charge in [-0.25, -0.2) is 9.59 Å². The number of esters is 1. The van der Waals surface area contributed by atoms with E-state index in [1.165, 1.54) is 0 Å². The Hall–Kier alpha value is -4.07. The van der Waals surface area contributed by atoms with E-state index in [2.05, 4.69) is 5.32 Å². The molecule has 1 heterocycles. The summed E-state index contributed by atoms with van der Waals surface area (Å²) in [4.78, 5) is 41.9. The number of carbonyl (C=O) groups is 3. The second kappa shape index (κ2) is 13.9. The maximum absolute atomic E-state index is 13.5. The molecule has 8 nitrogen and oxygen atoms in total. The van der Waals surface area contributed by atoms with Crippen LogP contribution in [0.1, 0.15) is 48.3 Å². The van der Waals surface area contributed by atoms with Crippen LogP contribution in [0.15, 0.2) is 72.9 Å². The van der Waals surface area contributed by atoms with Gasteiger partial charge in [0.1, 0.15) is 6.54 Å². The minimum absolute atomic E-state index is 0.0377. The van der Waals surface area contributed by atoms with E-state index in [4.69, 9.17) is 4.74 Å². The molecule has 3 amide bonds. The number of nitrogens with zero attached hydrogens (tertiary/aromatic N) is 3. The van der Waals surface area contributed by atoms with Crippen LogP contribution in [-0.4, -0.2) is 52.0 Å². The molecule has 37 heavy (non-hydrogen) atoms. The molecule has 0 saturated carbocycles. The molecule has 3 aromatic rings. The Morgan fingerprint density at radius 1 is 0.892 bits per heavy atom.